The fourth-order valence-electron chi connectivity index (χ4n) is 2.11. The summed E-state index contributed by atoms with van der Waals surface area (Å²) in [5.74, 6) is 5.27. The second kappa shape index (κ2) is 7.33. The molecule has 0 fully saturated rings. The lowest BCUT2D eigenvalue weighted by Gasteiger charge is -2.17. The van der Waals surface area contributed by atoms with Gasteiger partial charge < -0.3 is 0 Å². The number of aryl methyl sites for hydroxylation is 1. The van der Waals surface area contributed by atoms with Crippen LogP contribution in [0.3, 0.4) is 0 Å². The van der Waals surface area contributed by atoms with Crippen molar-refractivity contribution in [2.75, 3.05) is 0 Å². The number of benzene rings is 1. The first kappa shape index (κ1) is 14.9. The summed E-state index contributed by atoms with van der Waals surface area (Å²) < 4.78 is 13.7. The smallest absolute Gasteiger partial charge is 0.127 e. The van der Waals surface area contributed by atoms with E-state index in [4.69, 9.17) is 17.4 Å². The number of hydrazine groups is 1. The summed E-state index contributed by atoms with van der Waals surface area (Å²) in [4.78, 5) is 3.98. The van der Waals surface area contributed by atoms with E-state index in [0.29, 0.717) is 17.0 Å². The van der Waals surface area contributed by atoms with Gasteiger partial charge in [-0.05, 0) is 49.1 Å². The maximum atomic E-state index is 13.7. The molecule has 0 saturated heterocycles. The molecule has 0 bridgehead atoms. The van der Waals surface area contributed by atoms with E-state index >= 15 is 0 Å². The summed E-state index contributed by atoms with van der Waals surface area (Å²) in [6, 6.07) is 8.60. The van der Waals surface area contributed by atoms with Crippen LogP contribution in [0.15, 0.2) is 42.7 Å². The summed E-state index contributed by atoms with van der Waals surface area (Å²) in [6.07, 6.45) is 5.63. The van der Waals surface area contributed by atoms with Gasteiger partial charge in [0, 0.05) is 29.0 Å². The van der Waals surface area contributed by atoms with Crippen LogP contribution in [0.1, 0.15) is 17.5 Å². The molecule has 1 unspecified atom stereocenters. The fraction of sp³-hybridized carbons (Fsp3) is 0.267. The summed E-state index contributed by atoms with van der Waals surface area (Å²) in [5.41, 5.74) is 4.42. The minimum atomic E-state index is -0.290. The zero-order chi connectivity index (χ0) is 14.4. The molecular weight excluding hydrogens is 277 g/mol. The van der Waals surface area contributed by atoms with Gasteiger partial charge in [-0.2, -0.15) is 0 Å². The molecule has 1 aromatic carbocycles. The molecule has 3 nitrogen and oxygen atoms in total. The van der Waals surface area contributed by atoms with Gasteiger partial charge >= 0.3 is 0 Å². The molecule has 0 aliphatic heterocycles. The fourth-order valence-corrected chi connectivity index (χ4v) is 2.35. The largest absolute Gasteiger partial charge is 0.271 e. The number of hydrogen-bond donors (Lipinski definition) is 2. The van der Waals surface area contributed by atoms with Crippen LogP contribution in [0.4, 0.5) is 4.39 Å². The van der Waals surface area contributed by atoms with Crippen molar-refractivity contribution in [3.8, 4) is 0 Å². The normalized spacial score (nSPS) is 12.3. The van der Waals surface area contributed by atoms with Gasteiger partial charge in [0.15, 0.2) is 0 Å². The quantitative estimate of drug-likeness (QED) is 0.636. The molecule has 0 aliphatic rings. The van der Waals surface area contributed by atoms with E-state index in [9.17, 15) is 4.39 Å². The second-order valence-corrected chi connectivity index (χ2v) is 5.07. The van der Waals surface area contributed by atoms with Crippen molar-refractivity contribution in [1.29, 1.82) is 0 Å². The van der Waals surface area contributed by atoms with Gasteiger partial charge in [-0.15, -0.1) is 0 Å². The van der Waals surface area contributed by atoms with Crippen LogP contribution in [0, 0.1) is 5.82 Å². The Labute approximate surface area is 122 Å². The lowest BCUT2D eigenvalue weighted by atomic mass is 9.99. The van der Waals surface area contributed by atoms with Gasteiger partial charge in [0.05, 0.1) is 0 Å². The minimum absolute atomic E-state index is 0.0300. The van der Waals surface area contributed by atoms with Crippen molar-refractivity contribution in [3.05, 3.63) is 64.7 Å². The predicted octanol–water partition coefficient (Wildman–Crippen LogP) is 2.88. The van der Waals surface area contributed by atoms with E-state index in [0.717, 1.165) is 12.8 Å². The molecule has 106 valence electrons. The predicted molar refractivity (Wildman–Crippen MR) is 78.8 cm³/mol. The van der Waals surface area contributed by atoms with Crippen molar-refractivity contribution in [2.45, 2.75) is 25.3 Å². The van der Waals surface area contributed by atoms with Gasteiger partial charge in [0.1, 0.15) is 5.82 Å². The second-order valence-electron chi connectivity index (χ2n) is 4.66. The Balaban J connectivity index is 1.99. The molecule has 5 heteroatoms. The summed E-state index contributed by atoms with van der Waals surface area (Å²) in [7, 11) is 0. The van der Waals surface area contributed by atoms with Crippen LogP contribution >= 0.6 is 11.6 Å². The third kappa shape index (κ3) is 4.00. The van der Waals surface area contributed by atoms with Crippen LogP contribution in [0.5, 0.6) is 0 Å². The van der Waals surface area contributed by atoms with Gasteiger partial charge in [0.2, 0.25) is 0 Å². The number of halogens is 2. The van der Waals surface area contributed by atoms with Gasteiger partial charge in [-0.25, -0.2) is 4.39 Å². The first-order valence-corrected chi connectivity index (χ1v) is 6.86. The van der Waals surface area contributed by atoms with E-state index in [1.54, 1.807) is 24.5 Å². The summed E-state index contributed by atoms with van der Waals surface area (Å²) in [5, 5.41) is 0.439. The number of nitrogens with one attached hydrogen (secondary N) is 1. The Bertz CT molecular complexity index is 528. The van der Waals surface area contributed by atoms with Crippen molar-refractivity contribution >= 4 is 11.6 Å². The number of aromatic nitrogens is 1. The average Bonchev–Trinajstić information content (AvgIpc) is 2.47. The Kier molecular flexibility index (Phi) is 5.47. The Morgan fingerprint density at radius 3 is 2.65 bits per heavy atom. The van der Waals surface area contributed by atoms with Crippen LogP contribution < -0.4 is 11.3 Å². The zero-order valence-corrected chi connectivity index (χ0v) is 11.8. The van der Waals surface area contributed by atoms with Crippen molar-refractivity contribution in [2.24, 2.45) is 5.84 Å². The maximum Gasteiger partial charge on any atom is 0.127 e. The van der Waals surface area contributed by atoms with E-state index in [1.807, 2.05) is 12.1 Å². The highest BCUT2D eigenvalue weighted by Crippen LogP contribution is 2.21. The molecular formula is C15H17ClFN3. The van der Waals surface area contributed by atoms with Crippen molar-refractivity contribution in [1.82, 2.24) is 10.4 Å². The van der Waals surface area contributed by atoms with E-state index in [2.05, 4.69) is 10.4 Å². The summed E-state index contributed by atoms with van der Waals surface area (Å²) >= 11 is 6.03. The topological polar surface area (TPSA) is 50.9 Å². The van der Waals surface area contributed by atoms with Crippen LogP contribution in [0.25, 0.3) is 0 Å². The highest BCUT2D eigenvalue weighted by atomic mass is 35.5. The molecule has 2 rings (SSSR count). The number of pyridine rings is 1. The number of nitrogens with zero attached hydrogens (tertiary/aromatic N) is 1. The standard InChI is InChI=1S/C15H17ClFN3/c16-14-2-1-3-15(17)13(14)10-12(20-18)5-4-11-6-8-19-9-7-11/h1-3,6-9,12,20H,4-5,10,18H2. The lowest BCUT2D eigenvalue weighted by molar-refractivity contribution is 0.480. The Hall–Kier alpha value is -1.49. The van der Waals surface area contributed by atoms with Crippen LogP contribution in [-0.2, 0) is 12.8 Å². The number of nitrogens with two attached hydrogens (primary N) is 1. The average molecular weight is 294 g/mol. The van der Waals surface area contributed by atoms with E-state index in [1.165, 1.54) is 11.6 Å². The zero-order valence-electron chi connectivity index (χ0n) is 11.0. The Morgan fingerprint density at radius 2 is 2.00 bits per heavy atom. The molecule has 0 spiro atoms. The molecule has 0 saturated carbocycles. The molecule has 0 amide bonds. The third-order valence-electron chi connectivity index (χ3n) is 3.28. The summed E-state index contributed by atoms with van der Waals surface area (Å²) in [6.45, 7) is 0. The monoisotopic (exact) mass is 293 g/mol. The molecule has 1 heterocycles. The Morgan fingerprint density at radius 1 is 1.25 bits per heavy atom. The molecule has 0 radical (unpaired) electrons. The first-order chi connectivity index (χ1) is 9.70. The minimum Gasteiger partial charge on any atom is -0.271 e. The molecule has 20 heavy (non-hydrogen) atoms. The molecule has 1 atom stereocenters. The van der Waals surface area contributed by atoms with E-state index < -0.39 is 0 Å². The highest BCUT2D eigenvalue weighted by molar-refractivity contribution is 6.31. The van der Waals surface area contributed by atoms with Gasteiger partial charge in [-0.1, -0.05) is 17.7 Å². The number of hydrogen-bond acceptors (Lipinski definition) is 3. The molecule has 2 aromatic rings. The van der Waals surface area contributed by atoms with Crippen molar-refractivity contribution < 1.29 is 4.39 Å². The van der Waals surface area contributed by atoms with Crippen LogP contribution in [0.2, 0.25) is 5.02 Å². The maximum absolute atomic E-state index is 13.7. The molecule has 0 aliphatic carbocycles. The SMILES string of the molecule is NNC(CCc1ccncc1)Cc1c(F)cccc1Cl. The van der Waals surface area contributed by atoms with Gasteiger partial charge in [-0.3, -0.25) is 16.3 Å². The molecule has 1 aromatic heterocycles. The highest BCUT2D eigenvalue weighted by Gasteiger charge is 2.14. The van der Waals surface area contributed by atoms with E-state index in [-0.39, 0.29) is 11.9 Å². The number of rotatable bonds is 6. The van der Waals surface area contributed by atoms with Crippen LogP contribution in [-0.4, -0.2) is 11.0 Å². The third-order valence-corrected chi connectivity index (χ3v) is 3.63. The first-order valence-electron chi connectivity index (χ1n) is 6.48. The molecule has 3 N–H and O–H groups in total. The lowest BCUT2D eigenvalue weighted by Crippen LogP contribution is -2.37. The van der Waals surface area contributed by atoms with Gasteiger partial charge in [0.25, 0.3) is 0 Å². The van der Waals surface area contributed by atoms with Crippen molar-refractivity contribution in [3.63, 3.8) is 0 Å².